The van der Waals surface area contributed by atoms with Crippen molar-refractivity contribution in [3.63, 3.8) is 0 Å². The van der Waals surface area contributed by atoms with Gasteiger partial charge in [0.1, 0.15) is 12.4 Å². The normalized spacial score (nSPS) is 11.8. The SMILES string of the molecule is Nc1ccc2cc(COc3cccc(C(F)(F)F)c3)[nH]c2c1. The Hall–Kier alpha value is -2.63. The molecule has 3 aromatic rings. The summed E-state index contributed by atoms with van der Waals surface area (Å²) in [5.74, 6) is 0.174. The fraction of sp³-hybridized carbons (Fsp3) is 0.125. The van der Waals surface area contributed by atoms with Crippen LogP contribution in [0.15, 0.2) is 48.5 Å². The first kappa shape index (κ1) is 14.3. The second kappa shape index (κ2) is 5.29. The quantitative estimate of drug-likeness (QED) is 0.707. The van der Waals surface area contributed by atoms with Crippen molar-refractivity contribution in [1.82, 2.24) is 4.98 Å². The molecule has 0 bridgehead atoms. The van der Waals surface area contributed by atoms with Crippen LogP contribution in [0.2, 0.25) is 0 Å². The van der Waals surface area contributed by atoms with E-state index in [1.165, 1.54) is 12.1 Å². The van der Waals surface area contributed by atoms with Crippen LogP contribution in [0.25, 0.3) is 10.9 Å². The zero-order valence-corrected chi connectivity index (χ0v) is 11.4. The van der Waals surface area contributed by atoms with E-state index in [0.29, 0.717) is 5.69 Å². The Morgan fingerprint density at radius 2 is 1.86 bits per heavy atom. The minimum Gasteiger partial charge on any atom is -0.487 e. The second-order valence-electron chi connectivity index (χ2n) is 4.96. The lowest BCUT2D eigenvalue weighted by Crippen LogP contribution is -2.05. The Balaban J connectivity index is 1.76. The Kier molecular flexibility index (Phi) is 3.44. The van der Waals surface area contributed by atoms with Gasteiger partial charge in [0.2, 0.25) is 0 Å². The number of halogens is 3. The Morgan fingerprint density at radius 3 is 2.64 bits per heavy atom. The summed E-state index contributed by atoms with van der Waals surface area (Å²) in [6, 6.07) is 12.1. The van der Waals surface area contributed by atoms with Crippen molar-refractivity contribution in [3.05, 3.63) is 59.8 Å². The monoisotopic (exact) mass is 306 g/mol. The minimum atomic E-state index is -4.38. The maximum absolute atomic E-state index is 12.6. The molecule has 0 atom stereocenters. The molecule has 1 heterocycles. The average molecular weight is 306 g/mol. The predicted octanol–water partition coefficient (Wildman–Crippen LogP) is 4.35. The van der Waals surface area contributed by atoms with Gasteiger partial charge in [0.15, 0.2) is 0 Å². The highest BCUT2D eigenvalue weighted by molar-refractivity contribution is 5.83. The van der Waals surface area contributed by atoms with Gasteiger partial charge in [0.05, 0.1) is 11.3 Å². The van der Waals surface area contributed by atoms with Crippen LogP contribution in [0.4, 0.5) is 18.9 Å². The molecule has 0 radical (unpaired) electrons. The van der Waals surface area contributed by atoms with Gasteiger partial charge in [-0.3, -0.25) is 0 Å². The summed E-state index contributed by atoms with van der Waals surface area (Å²) in [5.41, 5.74) is 7.23. The summed E-state index contributed by atoms with van der Waals surface area (Å²) in [6.07, 6.45) is -4.38. The summed E-state index contributed by atoms with van der Waals surface area (Å²) in [5, 5.41) is 0.969. The number of rotatable bonds is 3. The number of aromatic nitrogens is 1. The van der Waals surface area contributed by atoms with E-state index in [2.05, 4.69) is 4.98 Å². The summed E-state index contributed by atoms with van der Waals surface area (Å²) < 4.78 is 43.3. The number of nitrogen functional groups attached to an aromatic ring is 1. The fourth-order valence-electron chi connectivity index (χ4n) is 2.21. The van der Waals surface area contributed by atoms with E-state index in [-0.39, 0.29) is 12.4 Å². The number of anilines is 1. The third-order valence-corrected chi connectivity index (χ3v) is 3.26. The smallest absolute Gasteiger partial charge is 0.416 e. The fourth-order valence-corrected chi connectivity index (χ4v) is 2.21. The summed E-state index contributed by atoms with van der Waals surface area (Å²) in [4.78, 5) is 3.12. The lowest BCUT2D eigenvalue weighted by atomic mass is 10.2. The third kappa shape index (κ3) is 3.00. The van der Waals surface area contributed by atoms with Crippen molar-refractivity contribution in [2.24, 2.45) is 0 Å². The van der Waals surface area contributed by atoms with E-state index < -0.39 is 11.7 Å². The highest BCUT2D eigenvalue weighted by Gasteiger charge is 2.30. The minimum absolute atomic E-state index is 0.149. The molecule has 0 amide bonds. The standard InChI is InChI=1S/C16H13F3N2O/c17-16(18,19)11-2-1-3-14(7-11)22-9-13-6-10-4-5-12(20)8-15(10)21-13/h1-8,21H,9,20H2. The molecule has 6 heteroatoms. The number of ether oxygens (including phenoxy) is 1. The molecule has 3 N–H and O–H groups in total. The van der Waals surface area contributed by atoms with Gasteiger partial charge < -0.3 is 15.5 Å². The van der Waals surface area contributed by atoms with Crippen molar-refractivity contribution in [3.8, 4) is 5.75 Å². The van der Waals surface area contributed by atoms with Gasteiger partial charge in [-0.1, -0.05) is 12.1 Å². The Labute approximate surface area is 124 Å². The second-order valence-corrected chi connectivity index (χ2v) is 4.96. The van der Waals surface area contributed by atoms with Crippen molar-refractivity contribution < 1.29 is 17.9 Å². The van der Waals surface area contributed by atoms with Gasteiger partial charge in [0.25, 0.3) is 0 Å². The molecular formula is C16H13F3N2O. The number of hydrogen-bond acceptors (Lipinski definition) is 2. The maximum Gasteiger partial charge on any atom is 0.416 e. The summed E-state index contributed by atoms with van der Waals surface area (Å²) in [7, 11) is 0. The average Bonchev–Trinajstić information content (AvgIpc) is 2.86. The number of alkyl halides is 3. The van der Waals surface area contributed by atoms with Crippen LogP contribution in [0.1, 0.15) is 11.3 Å². The number of hydrogen-bond donors (Lipinski definition) is 2. The third-order valence-electron chi connectivity index (χ3n) is 3.26. The van der Waals surface area contributed by atoms with Crippen LogP contribution in [0.5, 0.6) is 5.75 Å². The first-order valence-electron chi connectivity index (χ1n) is 6.59. The number of H-pyrrole nitrogens is 1. The van der Waals surface area contributed by atoms with Crippen LogP contribution in [-0.4, -0.2) is 4.98 Å². The number of nitrogens with two attached hydrogens (primary N) is 1. The Morgan fingerprint density at radius 1 is 1.05 bits per heavy atom. The van der Waals surface area contributed by atoms with E-state index in [9.17, 15) is 13.2 Å². The topological polar surface area (TPSA) is 51.0 Å². The highest BCUT2D eigenvalue weighted by Crippen LogP contribution is 2.31. The molecular weight excluding hydrogens is 293 g/mol. The summed E-state index contributed by atoms with van der Waals surface area (Å²) >= 11 is 0. The first-order valence-corrected chi connectivity index (χ1v) is 6.59. The van der Waals surface area contributed by atoms with Gasteiger partial charge in [-0.2, -0.15) is 13.2 Å². The van der Waals surface area contributed by atoms with Crippen LogP contribution >= 0.6 is 0 Å². The molecule has 0 aliphatic rings. The zero-order chi connectivity index (χ0) is 15.7. The van der Waals surface area contributed by atoms with Crippen LogP contribution < -0.4 is 10.5 Å². The molecule has 2 aromatic carbocycles. The van der Waals surface area contributed by atoms with Gasteiger partial charge in [-0.05, 0) is 41.8 Å². The maximum atomic E-state index is 12.6. The van der Waals surface area contributed by atoms with Gasteiger partial charge in [-0.25, -0.2) is 0 Å². The molecule has 0 unspecified atom stereocenters. The van der Waals surface area contributed by atoms with Gasteiger partial charge in [0, 0.05) is 11.2 Å². The first-order chi connectivity index (χ1) is 10.4. The summed E-state index contributed by atoms with van der Waals surface area (Å²) in [6.45, 7) is 0.149. The molecule has 1 aromatic heterocycles. The molecule has 0 saturated heterocycles. The number of benzene rings is 2. The highest BCUT2D eigenvalue weighted by atomic mass is 19.4. The van der Waals surface area contributed by atoms with E-state index in [0.717, 1.165) is 28.7 Å². The molecule has 0 saturated carbocycles. The molecule has 0 aliphatic carbocycles. The zero-order valence-electron chi connectivity index (χ0n) is 11.4. The van der Waals surface area contributed by atoms with Gasteiger partial charge in [-0.15, -0.1) is 0 Å². The van der Waals surface area contributed by atoms with Crippen LogP contribution in [0, 0.1) is 0 Å². The van der Waals surface area contributed by atoms with Crippen molar-refractivity contribution >= 4 is 16.6 Å². The van der Waals surface area contributed by atoms with E-state index in [1.807, 2.05) is 12.1 Å². The number of aromatic amines is 1. The van der Waals surface area contributed by atoms with Crippen LogP contribution in [0.3, 0.4) is 0 Å². The van der Waals surface area contributed by atoms with E-state index in [1.54, 1.807) is 12.1 Å². The Bertz CT molecular complexity index is 809. The molecule has 22 heavy (non-hydrogen) atoms. The van der Waals surface area contributed by atoms with Gasteiger partial charge >= 0.3 is 6.18 Å². The van der Waals surface area contributed by atoms with E-state index in [4.69, 9.17) is 10.5 Å². The molecule has 0 aliphatic heterocycles. The lowest BCUT2D eigenvalue weighted by molar-refractivity contribution is -0.137. The molecule has 114 valence electrons. The number of fused-ring (bicyclic) bond motifs is 1. The van der Waals surface area contributed by atoms with Crippen LogP contribution in [-0.2, 0) is 12.8 Å². The van der Waals surface area contributed by atoms with Crippen molar-refractivity contribution in [2.45, 2.75) is 12.8 Å². The molecule has 3 nitrogen and oxygen atoms in total. The largest absolute Gasteiger partial charge is 0.487 e. The van der Waals surface area contributed by atoms with E-state index >= 15 is 0 Å². The van der Waals surface area contributed by atoms with Crippen molar-refractivity contribution in [1.29, 1.82) is 0 Å². The predicted molar refractivity (Wildman–Crippen MR) is 78.5 cm³/mol. The number of nitrogens with one attached hydrogen (secondary N) is 1. The molecule has 0 spiro atoms. The van der Waals surface area contributed by atoms with Crippen molar-refractivity contribution in [2.75, 3.05) is 5.73 Å². The molecule has 3 rings (SSSR count). The molecule has 0 fully saturated rings. The lowest BCUT2D eigenvalue weighted by Gasteiger charge is -2.09.